The summed E-state index contributed by atoms with van der Waals surface area (Å²) >= 11 is 1.52. The summed E-state index contributed by atoms with van der Waals surface area (Å²) in [6, 6.07) is 0. The van der Waals surface area contributed by atoms with Crippen molar-refractivity contribution in [2.24, 2.45) is 5.41 Å². The number of aromatic nitrogens is 1. The van der Waals surface area contributed by atoms with E-state index in [1.165, 1.54) is 18.4 Å². The molecule has 1 aromatic rings. The molecule has 4 nitrogen and oxygen atoms in total. The van der Waals surface area contributed by atoms with Gasteiger partial charge in [0.1, 0.15) is 0 Å². The maximum absolute atomic E-state index is 11.2. The summed E-state index contributed by atoms with van der Waals surface area (Å²) in [5.41, 5.74) is 0.979. The number of thiazole rings is 1. The minimum absolute atomic E-state index is 0.0291. The van der Waals surface area contributed by atoms with Crippen LogP contribution in [0.3, 0.4) is 0 Å². The highest BCUT2D eigenvalue weighted by Gasteiger charge is 2.26. The van der Waals surface area contributed by atoms with Gasteiger partial charge in [0, 0.05) is 10.9 Å². The Hall–Kier alpha value is -1.10. The van der Waals surface area contributed by atoms with Crippen LogP contribution in [0.25, 0.3) is 0 Å². The number of methoxy groups -OCH3 is 1. The van der Waals surface area contributed by atoms with Crippen molar-refractivity contribution in [1.29, 1.82) is 0 Å². The lowest BCUT2D eigenvalue weighted by Crippen LogP contribution is -2.35. The highest BCUT2D eigenvalue weighted by molar-refractivity contribution is 7.13. The fourth-order valence-corrected chi connectivity index (χ4v) is 3.21. The second kappa shape index (κ2) is 5.90. The van der Waals surface area contributed by atoms with Crippen LogP contribution in [0.5, 0.6) is 0 Å². The van der Waals surface area contributed by atoms with Gasteiger partial charge in [0.25, 0.3) is 0 Å². The maximum Gasteiger partial charge on any atom is 0.311 e. The van der Waals surface area contributed by atoms with Crippen LogP contribution < -0.4 is 5.32 Å². The van der Waals surface area contributed by atoms with E-state index in [4.69, 9.17) is 0 Å². The first-order chi connectivity index (χ1) is 8.61. The molecule has 0 radical (unpaired) electrons. The van der Waals surface area contributed by atoms with E-state index < -0.39 is 0 Å². The first-order valence-corrected chi connectivity index (χ1v) is 7.29. The number of hydrogen-bond acceptors (Lipinski definition) is 5. The van der Waals surface area contributed by atoms with Crippen molar-refractivity contribution in [2.45, 2.75) is 53.0 Å². The molecule has 19 heavy (non-hydrogen) atoms. The summed E-state index contributed by atoms with van der Waals surface area (Å²) in [6.07, 6.45) is 1.26. The van der Waals surface area contributed by atoms with Gasteiger partial charge in [-0.1, -0.05) is 20.8 Å². The lowest BCUT2D eigenvalue weighted by Gasteiger charge is -2.33. The SMILES string of the molecule is COC(=O)Cc1csc(NC(C)(C)CC(C)(C)C)n1. The quantitative estimate of drug-likeness (QED) is 0.841. The highest BCUT2D eigenvalue weighted by atomic mass is 32.1. The van der Waals surface area contributed by atoms with Crippen molar-refractivity contribution in [3.05, 3.63) is 11.1 Å². The van der Waals surface area contributed by atoms with E-state index in [9.17, 15) is 4.79 Å². The molecule has 0 aromatic carbocycles. The Morgan fingerprint density at radius 2 is 2.00 bits per heavy atom. The molecule has 1 N–H and O–H groups in total. The van der Waals surface area contributed by atoms with Crippen LogP contribution in [0.4, 0.5) is 5.13 Å². The molecule has 0 aliphatic heterocycles. The van der Waals surface area contributed by atoms with Gasteiger partial charge in [0.05, 0.1) is 19.2 Å². The Balaban J connectivity index is 2.65. The summed E-state index contributed by atoms with van der Waals surface area (Å²) in [6.45, 7) is 11.0. The molecule has 0 spiro atoms. The average Bonchev–Trinajstić information content (AvgIpc) is 2.60. The number of ether oxygens (including phenoxy) is 1. The molecule has 5 heteroatoms. The monoisotopic (exact) mass is 284 g/mol. The van der Waals surface area contributed by atoms with Gasteiger partial charge >= 0.3 is 5.97 Å². The summed E-state index contributed by atoms with van der Waals surface area (Å²) in [4.78, 5) is 15.6. The first-order valence-electron chi connectivity index (χ1n) is 6.41. The zero-order chi connectivity index (χ0) is 14.7. The van der Waals surface area contributed by atoms with Gasteiger partial charge in [-0.15, -0.1) is 11.3 Å². The van der Waals surface area contributed by atoms with Gasteiger partial charge in [0.2, 0.25) is 0 Å². The molecule has 0 bridgehead atoms. The molecule has 0 saturated heterocycles. The maximum atomic E-state index is 11.2. The van der Waals surface area contributed by atoms with E-state index in [1.807, 2.05) is 5.38 Å². The van der Waals surface area contributed by atoms with Crippen molar-refractivity contribution in [3.8, 4) is 0 Å². The van der Waals surface area contributed by atoms with Crippen LogP contribution in [0.15, 0.2) is 5.38 Å². The fourth-order valence-electron chi connectivity index (χ4n) is 2.33. The number of esters is 1. The van der Waals surface area contributed by atoms with Crippen molar-refractivity contribution in [3.63, 3.8) is 0 Å². The summed E-state index contributed by atoms with van der Waals surface area (Å²) < 4.78 is 4.64. The predicted molar refractivity (Wildman–Crippen MR) is 79.6 cm³/mol. The fraction of sp³-hybridized carbons (Fsp3) is 0.714. The summed E-state index contributed by atoms with van der Waals surface area (Å²) in [7, 11) is 1.39. The number of anilines is 1. The number of hydrogen-bond donors (Lipinski definition) is 1. The number of nitrogens with one attached hydrogen (secondary N) is 1. The average molecular weight is 284 g/mol. The normalized spacial score (nSPS) is 12.3. The standard InChI is InChI=1S/C14H24N2O2S/c1-13(2,3)9-14(4,5)16-12-15-10(8-19-12)7-11(17)18-6/h8H,7,9H2,1-6H3,(H,15,16). The third-order valence-electron chi connectivity index (χ3n) is 2.52. The lowest BCUT2D eigenvalue weighted by molar-refractivity contribution is -0.139. The third-order valence-corrected chi connectivity index (χ3v) is 3.33. The van der Waals surface area contributed by atoms with Crippen molar-refractivity contribution in [1.82, 2.24) is 4.98 Å². The molecular weight excluding hydrogens is 260 g/mol. The van der Waals surface area contributed by atoms with Gasteiger partial charge in [-0.25, -0.2) is 4.98 Å². The predicted octanol–water partition coefficient (Wildman–Crippen LogP) is 3.49. The number of carbonyl (C=O) groups excluding carboxylic acids is 1. The second-order valence-electron chi connectivity index (χ2n) is 6.64. The van der Waals surface area contributed by atoms with E-state index in [2.05, 4.69) is 49.7 Å². The zero-order valence-corrected chi connectivity index (χ0v) is 13.5. The molecule has 0 atom stereocenters. The minimum atomic E-state index is -0.259. The topological polar surface area (TPSA) is 51.2 Å². The van der Waals surface area contributed by atoms with Gasteiger partial charge < -0.3 is 10.1 Å². The van der Waals surface area contributed by atoms with Crippen LogP contribution in [-0.2, 0) is 16.0 Å². The van der Waals surface area contributed by atoms with Crippen LogP contribution in [-0.4, -0.2) is 23.6 Å². The lowest BCUT2D eigenvalue weighted by atomic mass is 9.82. The molecule has 0 amide bonds. The van der Waals surface area contributed by atoms with Crippen LogP contribution in [0, 0.1) is 5.41 Å². The summed E-state index contributed by atoms with van der Waals surface area (Å²) in [5.74, 6) is -0.259. The highest BCUT2D eigenvalue weighted by Crippen LogP contribution is 2.30. The third kappa shape index (κ3) is 6.05. The minimum Gasteiger partial charge on any atom is -0.469 e. The van der Waals surface area contributed by atoms with Crippen LogP contribution in [0.2, 0.25) is 0 Å². The Labute approximate surface area is 119 Å². The number of nitrogens with zero attached hydrogens (tertiary/aromatic N) is 1. The van der Waals surface area contributed by atoms with E-state index in [0.717, 1.165) is 17.2 Å². The summed E-state index contributed by atoms with van der Waals surface area (Å²) in [5, 5.41) is 6.19. The first kappa shape index (κ1) is 16.0. The molecule has 1 heterocycles. The van der Waals surface area contributed by atoms with E-state index >= 15 is 0 Å². The molecule has 0 aliphatic carbocycles. The molecule has 1 aromatic heterocycles. The zero-order valence-electron chi connectivity index (χ0n) is 12.7. The van der Waals surface area contributed by atoms with Gasteiger partial charge in [0.15, 0.2) is 5.13 Å². The molecule has 0 fully saturated rings. The molecule has 0 unspecified atom stereocenters. The van der Waals surface area contributed by atoms with Gasteiger partial charge in [-0.05, 0) is 25.7 Å². The van der Waals surface area contributed by atoms with Crippen molar-refractivity contribution >= 4 is 22.4 Å². The van der Waals surface area contributed by atoms with Crippen LogP contribution >= 0.6 is 11.3 Å². The molecule has 0 saturated carbocycles. The number of carbonyl (C=O) groups is 1. The molecule has 0 aliphatic rings. The van der Waals surface area contributed by atoms with E-state index in [-0.39, 0.29) is 23.3 Å². The number of rotatable bonds is 5. The second-order valence-corrected chi connectivity index (χ2v) is 7.50. The Morgan fingerprint density at radius 3 is 2.53 bits per heavy atom. The Kier molecular flexibility index (Phi) is 4.96. The molecule has 108 valence electrons. The van der Waals surface area contributed by atoms with Gasteiger partial charge in [-0.3, -0.25) is 4.79 Å². The molecule has 1 rings (SSSR count). The van der Waals surface area contributed by atoms with Crippen molar-refractivity contribution in [2.75, 3.05) is 12.4 Å². The Morgan fingerprint density at radius 1 is 1.37 bits per heavy atom. The van der Waals surface area contributed by atoms with Crippen molar-refractivity contribution < 1.29 is 9.53 Å². The largest absolute Gasteiger partial charge is 0.469 e. The Bertz CT molecular complexity index is 433. The van der Waals surface area contributed by atoms with E-state index in [0.29, 0.717) is 0 Å². The smallest absolute Gasteiger partial charge is 0.311 e. The van der Waals surface area contributed by atoms with Gasteiger partial charge in [-0.2, -0.15) is 0 Å². The van der Waals surface area contributed by atoms with Crippen LogP contribution in [0.1, 0.15) is 46.7 Å². The molecular formula is C14H24N2O2S. The van der Waals surface area contributed by atoms with E-state index in [1.54, 1.807) is 0 Å².